The van der Waals surface area contributed by atoms with Crippen molar-refractivity contribution in [2.45, 2.75) is 57.3 Å². The first-order chi connectivity index (χ1) is 15.0. The summed E-state index contributed by atoms with van der Waals surface area (Å²) in [4.78, 5) is 30.1. The minimum atomic E-state index is -0.997. The van der Waals surface area contributed by atoms with E-state index in [0.29, 0.717) is 18.8 Å². The van der Waals surface area contributed by atoms with Crippen molar-refractivity contribution in [3.05, 3.63) is 53.0 Å². The summed E-state index contributed by atoms with van der Waals surface area (Å²) in [6.07, 6.45) is 4.30. The molecule has 5 rings (SSSR count). The SMILES string of the molecule is COc1ccccc1CN1C(=O)c2cc3ccsc3n2CC1(C)C(=O)NC1CCCC1. The van der Waals surface area contributed by atoms with Crippen LogP contribution in [0.2, 0.25) is 0 Å². The van der Waals surface area contributed by atoms with Crippen molar-refractivity contribution in [2.75, 3.05) is 7.11 Å². The summed E-state index contributed by atoms with van der Waals surface area (Å²) in [6, 6.07) is 11.8. The van der Waals surface area contributed by atoms with Gasteiger partial charge in [-0.05, 0) is 43.3 Å². The third-order valence-electron chi connectivity index (χ3n) is 6.73. The molecule has 2 amide bonds. The topological polar surface area (TPSA) is 63.6 Å². The highest BCUT2D eigenvalue weighted by Gasteiger charge is 2.48. The molecule has 1 atom stereocenters. The molecule has 0 radical (unpaired) electrons. The summed E-state index contributed by atoms with van der Waals surface area (Å²) in [6.45, 7) is 2.65. The maximum Gasteiger partial charge on any atom is 0.271 e. The highest BCUT2D eigenvalue weighted by molar-refractivity contribution is 7.16. The third kappa shape index (κ3) is 3.31. The molecule has 7 heteroatoms. The maximum atomic E-state index is 13.7. The Morgan fingerprint density at radius 2 is 2.03 bits per heavy atom. The Morgan fingerprint density at radius 3 is 2.81 bits per heavy atom. The van der Waals surface area contributed by atoms with E-state index in [1.165, 1.54) is 0 Å². The van der Waals surface area contributed by atoms with Crippen molar-refractivity contribution >= 4 is 33.4 Å². The summed E-state index contributed by atoms with van der Waals surface area (Å²) < 4.78 is 7.54. The predicted octanol–water partition coefficient (Wildman–Crippen LogP) is 4.18. The zero-order valence-corrected chi connectivity index (χ0v) is 18.7. The second-order valence-electron chi connectivity index (χ2n) is 8.73. The van der Waals surface area contributed by atoms with Crippen LogP contribution in [0.5, 0.6) is 5.75 Å². The molecule has 2 aromatic heterocycles. The molecule has 0 spiro atoms. The summed E-state index contributed by atoms with van der Waals surface area (Å²) in [7, 11) is 1.63. The van der Waals surface area contributed by atoms with Crippen molar-refractivity contribution in [1.29, 1.82) is 0 Å². The van der Waals surface area contributed by atoms with Crippen molar-refractivity contribution in [1.82, 2.24) is 14.8 Å². The molecule has 2 aliphatic rings. The number of methoxy groups -OCH3 is 1. The number of hydrogen-bond donors (Lipinski definition) is 1. The third-order valence-corrected chi connectivity index (χ3v) is 7.68. The van der Waals surface area contributed by atoms with E-state index in [1.807, 2.05) is 53.3 Å². The van der Waals surface area contributed by atoms with Crippen LogP contribution in [-0.4, -0.2) is 40.0 Å². The summed E-state index contributed by atoms with van der Waals surface area (Å²) in [5.41, 5.74) is 0.534. The number of nitrogens with one attached hydrogen (secondary N) is 1. The molecule has 1 aromatic carbocycles. The van der Waals surface area contributed by atoms with Crippen LogP contribution in [0.25, 0.3) is 10.2 Å². The molecule has 1 fully saturated rings. The molecule has 1 saturated carbocycles. The fourth-order valence-electron chi connectivity index (χ4n) is 4.92. The molecule has 3 aromatic rings. The Hall–Kier alpha value is -2.80. The number of rotatable bonds is 5. The van der Waals surface area contributed by atoms with Gasteiger partial charge in [-0.2, -0.15) is 0 Å². The van der Waals surface area contributed by atoms with Gasteiger partial charge < -0.3 is 19.5 Å². The lowest BCUT2D eigenvalue weighted by atomic mass is 9.93. The number of carbonyl (C=O) groups is 2. The number of nitrogens with zero attached hydrogens (tertiary/aromatic N) is 2. The van der Waals surface area contributed by atoms with Crippen molar-refractivity contribution in [2.24, 2.45) is 0 Å². The van der Waals surface area contributed by atoms with Gasteiger partial charge in [-0.15, -0.1) is 11.3 Å². The Balaban J connectivity index is 1.56. The molecule has 162 valence electrons. The fourth-order valence-corrected chi connectivity index (χ4v) is 5.82. The van der Waals surface area contributed by atoms with E-state index in [2.05, 4.69) is 5.32 Å². The Labute approximate surface area is 185 Å². The number of amides is 2. The van der Waals surface area contributed by atoms with Crippen LogP contribution in [0.15, 0.2) is 41.8 Å². The molecule has 3 heterocycles. The van der Waals surface area contributed by atoms with E-state index >= 15 is 0 Å². The summed E-state index contributed by atoms with van der Waals surface area (Å²) in [5.74, 6) is 0.520. The van der Waals surface area contributed by atoms with E-state index < -0.39 is 5.54 Å². The van der Waals surface area contributed by atoms with Crippen molar-refractivity contribution in [3.63, 3.8) is 0 Å². The van der Waals surface area contributed by atoms with Gasteiger partial charge >= 0.3 is 0 Å². The lowest BCUT2D eigenvalue weighted by molar-refractivity contribution is -0.133. The molecule has 1 aliphatic carbocycles. The van der Waals surface area contributed by atoms with Crippen molar-refractivity contribution in [3.8, 4) is 5.75 Å². The van der Waals surface area contributed by atoms with E-state index in [0.717, 1.165) is 47.2 Å². The Morgan fingerprint density at radius 1 is 1.26 bits per heavy atom. The van der Waals surface area contributed by atoms with Gasteiger partial charge in [0.15, 0.2) is 0 Å². The highest BCUT2D eigenvalue weighted by atomic mass is 32.1. The fraction of sp³-hybridized carbons (Fsp3) is 0.417. The van der Waals surface area contributed by atoms with Gasteiger partial charge in [-0.1, -0.05) is 31.0 Å². The van der Waals surface area contributed by atoms with Gasteiger partial charge in [0.05, 0.1) is 20.2 Å². The molecule has 0 saturated heterocycles. The number of thiophene rings is 1. The van der Waals surface area contributed by atoms with Crippen LogP contribution < -0.4 is 10.1 Å². The second-order valence-corrected chi connectivity index (χ2v) is 9.62. The van der Waals surface area contributed by atoms with E-state index in [-0.39, 0.29) is 17.9 Å². The second kappa shape index (κ2) is 7.71. The number of fused-ring (bicyclic) bond motifs is 3. The lowest BCUT2D eigenvalue weighted by Crippen LogP contribution is -2.64. The molecule has 1 unspecified atom stereocenters. The quantitative estimate of drug-likeness (QED) is 0.651. The Kier molecular flexibility index (Phi) is 5.01. The number of aromatic nitrogens is 1. The van der Waals surface area contributed by atoms with E-state index in [9.17, 15) is 9.59 Å². The van der Waals surface area contributed by atoms with Gasteiger partial charge in [0.2, 0.25) is 5.91 Å². The van der Waals surface area contributed by atoms with Crippen LogP contribution in [0, 0.1) is 0 Å². The minimum Gasteiger partial charge on any atom is -0.496 e. The normalized spacial score (nSPS) is 21.5. The molecule has 1 aliphatic heterocycles. The minimum absolute atomic E-state index is 0.0771. The van der Waals surface area contributed by atoms with Gasteiger partial charge in [0.1, 0.15) is 21.8 Å². The number of ether oxygens (including phenoxy) is 1. The van der Waals surface area contributed by atoms with Crippen molar-refractivity contribution < 1.29 is 14.3 Å². The Bertz CT molecular complexity index is 1140. The first-order valence-electron chi connectivity index (χ1n) is 10.8. The lowest BCUT2D eigenvalue weighted by Gasteiger charge is -2.44. The highest BCUT2D eigenvalue weighted by Crippen LogP contribution is 2.36. The molecule has 1 N–H and O–H groups in total. The molecule has 6 nitrogen and oxygen atoms in total. The zero-order chi connectivity index (χ0) is 21.6. The summed E-state index contributed by atoms with van der Waals surface area (Å²) >= 11 is 1.61. The molecule has 0 bridgehead atoms. The first-order valence-corrected chi connectivity index (χ1v) is 11.7. The number of para-hydroxylation sites is 1. The van der Waals surface area contributed by atoms with Crippen LogP contribution >= 0.6 is 11.3 Å². The van der Waals surface area contributed by atoms with Gasteiger partial charge in [-0.25, -0.2) is 0 Å². The smallest absolute Gasteiger partial charge is 0.271 e. The summed E-state index contributed by atoms with van der Waals surface area (Å²) in [5, 5.41) is 6.32. The maximum absolute atomic E-state index is 13.7. The molecular formula is C24H27N3O3S. The standard InChI is InChI=1S/C24H27N3O3S/c1-24(23(29)25-18-8-4-5-9-18)15-26-19(13-16-11-12-31-22(16)26)21(28)27(24)14-17-7-3-6-10-20(17)30-2/h3,6-7,10-13,18H,4-5,8-9,14-15H2,1-2H3,(H,25,29). The number of benzene rings is 1. The van der Waals surface area contributed by atoms with E-state index in [4.69, 9.17) is 4.74 Å². The van der Waals surface area contributed by atoms with E-state index in [1.54, 1.807) is 23.3 Å². The monoisotopic (exact) mass is 437 g/mol. The van der Waals surface area contributed by atoms with Crippen LogP contribution in [0.4, 0.5) is 0 Å². The van der Waals surface area contributed by atoms with Gasteiger partial charge in [0.25, 0.3) is 5.91 Å². The zero-order valence-electron chi connectivity index (χ0n) is 17.9. The average Bonchev–Trinajstić information content (AvgIpc) is 3.50. The van der Waals surface area contributed by atoms with Crippen LogP contribution in [0.3, 0.4) is 0 Å². The number of carbonyl (C=O) groups excluding carboxylic acids is 2. The number of hydrogen-bond acceptors (Lipinski definition) is 4. The van der Waals surface area contributed by atoms with Crippen LogP contribution in [0.1, 0.15) is 48.7 Å². The first kappa shape index (κ1) is 20.1. The average molecular weight is 438 g/mol. The molecule has 31 heavy (non-hydrogen) atoms. The van der Waals surface area contributed by atoms with Gasteiger partial charge in [-0.3, -0.25) is 9.59 Å². The predicted molar refractivity (Wildman–Crippen MR) is 121 cm³/mol. The van der Waals surface area contributed by atoms with Gasteiger partial charge in [0, 0.05) is 17.0 Å². The molecular weight excluding hydrogens is 410 g/mol. The van der Waals surface area contributed by atoms with Crippen LogP contribution in [-0.2, 0) is 17.9 Å². The largest absolute Gasteiger partial charge is 0.496 e.